The van der Waals surface area contributed by atoms with E-state index in [1.807, 2.05) is 36.6 Å². The number of urea groups is 1. The predicted octanol–water partition coefficient (Wildman–Crippen LogP) is 3.95. The molecule has 0 aliphatic heterocycles. The van der Waals surface area contributed by atoms with Gasteiger partial charge in [0.25, 0.3) is 5.56 Å². The molecule has 0 bridgehead atoms. The van der Waals surface area contributed by atoms with Gasteiger partial charge in [0.05, 0.1) is 11.7 Å². The van der Waals surface area contributed by atoms with Crippen molar-refractivity contribution in [3.63, 3.8) is 0 Å². The first-order chi connectivity index (χ1) is 15.4. The van der Waals surface area contributed by atoms with Gasteiger partial charge >= 0.3 is 6.03 Å². The SMILES string of the molecule is Cc1ccc(-c2csc3ncn(CCC(=O)Nc4cccc(NC(N)=O)c4)c(=O)c23)cc1. The Balaban J connectivity index is 1.50. The predicted molar refractivity (Wildman–Crippen MR) is 127 cm³/mol. The van der Waals surface area contributed by atoms with Gasteiger partial charge in [0.2, 0.25) is 5.91 Å². The lowest BCUT2D eigenvalue weighted by Crippen LogP contribution is -2.23. The third kappa shape index (κ3) is 4.68. The summed E-state index contributed by atoms with van der Waals surface area (Å²) < 4.78 is 1.46. The van der Waals surface area contributed by atoms with E-state index in [4.69, 9.17) is 5.73 Å². The van der Waals surface area contributed by atoms with Crippen LogP contribution in [0.25, 0.3) is 21.3 Å². The van der Waals surface area contributed by atoms with Crippen LogP contribution in [0.3, 0.4) is 0 Å². The van der Waals surface area contributed by atoms with Crippen LogP contribution < -0.4 is 21.9 Å². The second-order valence-corrected chi connectivity index (χ2v) is 8.17. The zero-order valence-corrected chi connectivity index (χ0v) is 18.1. The Bertz CT molecular complexity index is 1360. The summed E-state index contributed by atoms with van der Waals surface area (Å²) in [4.78, 5) is 41.6. The number of hydrogen-bond donors (Lipinski definition) is 3. The van der Waals surface area contributed by atoms with Crippen LogP contribution in [-0.2, 0) is 11.3 Å². The van der Waals surface area contributed by atoms with Crippen LogP contribution in [0.1, 0.15) is 12.0 Å². The van der Waals surface area contributed by atoms with Gasteiger partial charge in [-0.15, -0.1) is 11.3 Å². The van der Waals surface area contributed by atoms with Gasteiger partial charge in [-0.2, -0.15) is 0 Å². The Morgan fingerprint density at radius 2 is 1.81 bits per heavy atom. The smallest absolute Gasteiger partial charge is 0.316 e. The number of carbonyl (C=O) groups is 2. The molecule has 3 amide bonds. The molecule has 4 N–H and O–H groups in total. The number of amides is 3. The van der Waals surface area contributed by atoms with E-state index in [9.17, 15) is 14.4 Å². The van der Waals surface area contributed by atoms with Crippen molar-refractivity contribution in [1.29, 1.82) is 0 Å². The summed E-state index contributed by atoms with van der Waals surface area (Å²) in [5.41, 5.74) is 8.88. The molecule has 4 aromatic rings. The summed E-state index contributed by atoms with van der Waals surface area (Å²) in [6, 6.07) is 13.9. The Hall–Kier alpha value is -3.98. The number of hydrogen-bond acceptors (Lipinski definition) is 5. The first-order valence-corrected chi connectivity index (χ1v) is 10.8. The lowest BCUT2D eigenvalue weighted by molar-refractivity contribution is -0.116. The summed E-state index contributed by atoms with van der Waals surface area (Å²) in [6.45, 7) is 2.20. The lowest BCUT2D eigenvalue weighted by atomic mass is 10.1. The van der Waals surface area contributed by atoms with Crippen molar-refractivity contribution >= 4 is 44.9 Å². The molecule has 4 rings (SSSR count). The molecule has 0 spiro atoms. The number of aromatic nitrogens is 2. The van der Waals surface area contributed by atoms with Crippen molar-refractivity contribution in [3.05, 3.63) is 76.2 Å². The normalized spacial score (nSPS) is 10.8. The average Bonchev–Trinajstić information content (AvgIpc) is 3.18. The highest BCUT2D eigenvalue weighted by Gasteiger charge is 2.14. The van der Waals surface area contributed by atoms with Crippen LogP contribution in [0.15, 0.2) is 65.0 Å². The second kappa shape index (κ2) is 9.03. The van der Waals surface area contributed by atoms with E-state index >= 15 is 0 Å². The van der Waals surface area contributed by atoms with Crippen molar-refractivity contribution in [2.24, 2.45) is 5.73 Å². The van der Waals surface area contributed by atoms with Crippen molar-refractivity contribution in [2.75, 3.05) is 10.6 Å². The zero-order valence-electron chi connectivity index (χ0n) is 17.3. The molecule has 2 heterocycles. The molecule has 0 aliphatic carbocycles. The molecule has 0 unspecified atom stereocenters. The summed E-state index contributed by atoms with van der Waals surface area (Å²) in [5, 5.41) is 7.71. The topological polar surface area (TPSA) is 119 Å². The van der Waals surface area contributed by atoms with E-state index in [2.05, 4.69) is 15.6 Å². The molecule has 9 heteroatoms. The quantitative estimate of drug-likeness (QED) is 0.414. The standard InChI is InChI=1S/C23H21N5O3S/c1-14-5-7-15(8-6-14)18-12-32-21-20(18)22(30)28(13-25-21)10-9-19(29)26-16-3-2-4-17(11-16)27-23(24)31/h2-8,11-13H,9-10H2,1H3,(H,26,29)(H3,24,27,31). The summed E-state index contributed by atoms with van der Waals surface area (Å²) in [7, 11) is 0. The number of nitrogens with one attached hydrogen (secondary N) is 2. The van der Waals surface area contributed by atoms with Gasteiger partial charge in [-0.05, 0) is 30.7 Å². The summed E-state index contributed by atoms with van der Waals surface area (Å²) in [5.74, 6) is -0.266. The minimum Gasteiger partial charge on any atom is -0.351 e. The van der Waals surface area contributed by atoms with Crippen LogP contribution in [0.4, 0.5) is 16.2 Å². The third-order valence-corrected chi connectivity index (χ3v) is 5.80. The van der Waals surface area contributed by atoms with Gasteiger partial charge in [-0.3, -0.25) is 14.2 Å². The van der Waals surface area contributed by atoms with E-state index in [1.54, 1.807) is 24.3 Å². The van der Waals surface area contributed by atoms with Crippen LogP contribution in [0, 0.1) is 6.92 Å². The van der Waals surface area contributed by atoms with Gasteiger partial charge in [-0.1, -0.05) is 35.9 Å². The minimum atomic E-state index is -0.686. The lowest BCUT2D eigenvalue weighted by Gasteiger charge is -2.09. The Morgan fingerprint density at radius 1 is 1.09 bits per heavy atom. The Morgan fingerprint density at radius 3 is 2.53 bits per heavy atom. The molecular formula is C23H21N5O3S. The van der Waals surface area contributed by atoms with Crippen LogP contribution >= 0.6 is 11.3 Å². The van der Waals surface area contributed by atoms with Crippen molar-refractivity contribution < 1.29 is 9.59 Å². The number of primary amides is 1. The highest BCUT2D eigenvalue weighted by Crippen LogP contribution is 2.30. The van der Waals surface area contributed by atoms with Gasteiger partial charge in [-0.25, -0.2) is 9.78 Å². The number of thiophene rings is 1. The van der Waals surface area contributed by atoms with Gasteiger partial charge in [0.15, 0.2) is 0 Å². The van der Waals surface area contributed by atoms with Gasteiger partial charge in [0.1, 0.15) is 4.83 Å². The molecule has 2 aromatic heterocycles. The number of rotatable bonds is 6. The fourth-order valence-electron chi connectivity index (χ4n) is 3.33. The molecule has 0 saturated carbocycles. The fraction of sp³-hybridized carbons (Fsp3) is 0.130. The molecule has 0 radical (unpaired) electrons. The van der Waals surface area contributed by atoms with Crippen LogP contribution in [0.2, 0.25) is 0 Å². The number of fused-ring (bicyclic) bond motifs is 1. The molecule has 2 aromatic carbocycles. The molecule has 162 valence electrons. The highest BCUT2D eigenvalue weighted by molar-refractivity contribution is 7.17. The maximum atomic E-state index is 13.1. The average molecular weight is 448 g/mol. The number of anilines is 2. The molecule has 0 aliphatic rings. The highest BCUT2D eigenvalue weighted by atomic mass is 32.1. The molecule has 0 fully saturated rings. The minimum absolute atomic E-state index is 0.0879. The summed E-state index contributed by atoms with van der Waals surface area (Å²) >= 11 is 1.42. The van der Waals surface area contributed by atoms with Crippen LogP contribution in [0.5, 0.6) is 0 Å². The van der Waals surface area contributed by atoms with Gasteiger partial charge < -0.3 is 16.4 Å². The van der Waals surface area contributed by atoms with Crippen molar-refractivity contribution in [2.45, 2.75) is 19.9 Å². The van der Waals surface area contributed by atoms with E-state index in [-0.39, 0.29) is 24.4 Å². The summed E-state index contributed by atoms with van der Waals surface area (Å²) in [6.07, 6.45) is 1.56. The first-order valence-electron chi connectivity index (χ1n) is 9.91. The largest absolute Gasteiger partial charge is 0.351 e. The van der Waals surface area contributed by atoms with Crippen molar-refractivity contribution in [1.82, 2.24) is 9.55 Å². The molecule has 0 saturated heterocycles. The third-order valence-electron chi connectivity index (χ3n) is 4.92. The van der Waals surface area contributed by atoms with E-state index in [0.717, 1.165) is 16.7 Å². The monoisotopic (exact) mass is 447 g/mol. The molecule has 32 heavy (non-hydrogen) atoms. The number of nitrogens with zero attached hydrogens (tertiary/aromatic N) is 2. The molecular weight excluding hydrogens is 426 g/mol. The first kappa shape index (κ1) is 21.3. The fourth-order valence-corrected chi connectivity index (χ4v) is 4.24. The molecule has 0 atom stereocenters. The van der Waals surface area contributed by atoms with Crippen LogP contribution in [-0.4, -0.2) is 21.5 Å². The number of aryl methyl sites for hydroxylation is 2. The van der Waals surface area contributed by atoms with E-state index < -0.39 is 6.03 Å². The second-order valence-electron chi connectivity index (χ2n) is 7.31. The van der Waals surface area contributed by atoms with E-state index in [0.29, 0.717) is 21.6 Å². The van der Waals surface area contributed by atoms with Crippen molar-refractivity contribution in [3.8, 4) is 11.1 Å². The zero-order chi connectivity index (χ0) is 22.7. The van der Waals surface area contributed by atoms with E-state index in [1.165, 1.54) is 22.2 Å². The number of carbonyl (C=O) groups excluding carboxylic acids is 2. The van der Waals surface area contributed by atoms with Gasteiger partial charge in [0, 0.05) is 35.3 Å². The maximum Gasteiger partial charge on any atom is 0.316 e. The number of benzene rings is 2. The number of nitrogens with two attached hydrogens (primary N) is 1. The Kier molecular flexibility index (Phi) is 6.00. The molecule has 8 nitrogen and oxygen atoms in total. The Labute approximate surface area is 187 Å². The maximum absolute atomic E-state index is 13.1.